The minimum absolute atomic E-state index is 0.162. The summed E-state index contributed by atoms with van der Waals surface area (Å²) in [6.45, 7) is 0. The SMILES string of the molecule is N#Cc1cc(F)cc(Oc2ccc(S(=N)(=O)C(F)(F)F)c3c2CC(F)(F)[C@H]3O)c1. The van der Waals surface area contributed by atoms with Crippen LogP contribution in [0.3, 0.4) is 0 Å². The van der Waals surface area contributed by atoms with Crippen molar-refractivity contribution < 1.29 is 40.4 Å². The van der Waals surface area contributed by atoms with E-state index in [9.17, 15) is 35.7 Å². The maximum absolute atomic E-state index is 14.1. The number of nitrogens with one attached hydrogen (secondary N) is 1. The van der Waals surface area contributed by atoms with E-state index in [0.29, 0.717) is 6.07 Å². The van der Waals surface area contributed by atoms with E-state index >= 15 is 0 Å². The highest BCUT2D eigenvalue weighted by Crippen LogP contribution is 2.51. The molecule has 0 amide bonds. The van der Waals surface area contributed by atoms with Crippen LogP contribution in [0.2, 0.25) is 0 Å². The molecule has 0 aromatic heterocycles. The van der Waals surface area contributed by atoms with Gasteiger partial charge in [-0.25, -0.2) is 22.2 Å². The third kappa shape index (κ3) is 3.51. The summed E-state index contributed by atoms with van der Waals surface area (Å²) >= 11 is 0. The molecule has 0 fully saturated rings. The maximum atomic E-state index is 14.1. The molecule has 0 aliphatic heterocycles. The minimum atomic E-state index is -5.56. The Morgan fingerprint density at radius 2 is 1.93 bits per heavy atom. The van der Waals surface area contributed by atoms with Crippen molar-refractivity contribution in [1.82, 2.24) is 0 Å². The molecule has 2 aromatic carbocycles. The number of halogens is 6. The van der Waals surface area contributed by atoms with Crippen molar-refractivity contribution in [1.29, 1.82) is 10.0 Å². The number of alkyl halides is 5. The smallest absolute Gasteiger partial charge is 0.457 e. The van der Waals surface area contributed by atoms with Gasteiger partial charge in [0.25, 0.3) is 5.92 Å². The van der Waals surface area contributed by atoms with Crippen LogP contribution in [-0.4, -0.2) is 20.7 Å². The highest BCUT2D eigenvalue weighted by Gasteiger charge is 2.53. The molecule has 1 aliphatic rings. The summed E-state index contributed by atoms with van der Waals surface area (Å²) < 4.78 is 105. The van der Waals surface area contributed by atoms with E-state index in [2.05, 4.69) is 0 Å². The molecular formula is C17H10F6N2O3S. The van der Waals surface area contributed by atoms with Gasteiger partial charge in [0.05, 0.1) is 16.5 Å². The molecule has 2 aromatic rings. The van der Waals surface area contributed by atoms with E-state index in [1.807, 2.05) is 0 Å². The first-order valence-corrected chi connectivity index (χ1v) is 9.29. The molecule has 12 heteroatoms. The van der Waals surface area contributed by atoms with Gasteiger partial charge in [0, 0.05) is 23.6 Å². The summed E-state index contributed by atoms with van der Waals surface area (Å²) in [6, 6.07) is 5.68. The summed E-state index contributed by atoms with van der Waals surface area (Å²) in [7, 11) is -5.54. The van der Waals surface area contributed by atoms with Gasteiger partial charge in [-0.2, -0.15) is 18.4 Å². The van der Waals surface area contributed by atoms with Crippen molar-refractivity contribution in [3.63, 3.8) is 0 Å². The Balaban J connectivity index is 2.19. The van der Waals surface area contributed by atoms with Gasteiger partial charge in [-0.3, -0.25) is 0 Å². The number of benzene rings is 2. The fourth-order valence-corrected chi connectivity index (χ4v) is 3.99. The first-order valence-electron chi connectivity index (χ1n) is 7.73. The van der Waals surface area contributed by atoms with Crippen molar-refractivity contribution in [2.45, 2.75) is 28.9 Å². The van der Waals surface area contributed by atoms with Crippen molar-refractivity contribution >= 4 is 9.73 Å². The summed E-state index contributed by atoms with van der Waals surface area (Å²) in [4.78, 5) is -1.30. The van der Waals surface area contributed by atoms with Crippen LogP contribution in [0.15, 0.2) is 35.2 Å². The van der Waals surface area contributed by atoms with Gasteiger partial charge in [-0.05, 0) is 24.3 Å². The van der Waals surface area contributed by atoms with Gasteiger partial charge >= 0.3 is 5.51 Å². The molecule has 2 atom stereocenters. The zero-order valence-corrected chi connectivity index (χ0v) is 14.9. The lowest BCUT2D eigenvalue weighted by molar-refractivity contribution is -0.0978. The quantitative estimate of drug-likeness (QED) is 0.686. The van der Waals surface area contributed by atoms with Crippen molar-refractivity contribution in [2.24, 2.45) is 0 Å². The van der Waals surface area contributed by atoms with Crippen LogP contribution in [-0.2, 0) is 16.1 Å². The topological polar surface area (TPSA) is 94.2 Å². The van der Waals surface area contributed by atoms with Crippen LogP contribution in [0.1, 0.15) is 22.8 Å². The number of hydrogen-bond acceptors (Lipinski definition) is 5. The molecule has 0 spiro atoms. The summed E-state index contributed by atoms with van der Waals surface area (Å²) in [5, 5.41) is 18.7. The van der Waals surface area contributed by atoms with Gasteiger partial charge in [-0.1, -0.05) is 0 Å². The van der Waals surface area contributed by atoms with Crippen LogP contribution in [0, 0.1) is 21.9 Å². The summed E-state index contributed by atoms with van der Waals surface area (Å²) in [6.07, 6.45) is -3.99. The molecule has 1 aliphatic carbocycles. The lowest BCUT2D eigenvalue weighted by Crippen LogP contribution is -2.26. The molecule has 0 bridgehead atoms. The van der Waals surface area contributed by atoms with E-state index in [1.54, 1.807) is 6.07 Å². The highest BCUT2D eigenvalue weighted by molar-refractivity contribution is 7.93. The predicted molar refractivity (Wildman–Crippen MR) is 86.4 cm³/mol. The number of hydrogen-bond donors (Lipinski definition) is 2. The second kappa shape index (κ2) is 6.64. The van der Waals surface area contributed by atoms with Gasteiger partial charge in [0.15, 0.2) is 9.73 Å². The van der Waals surface area contributed by atoms with Gasteiger partial charge < -0.3 is 9.84 Å². The first-order chi connectivity index (χ1) is 13.3. The number of ether oxygens (including phenoxy) is 1. The van der Waals surface area contributed by atoms with E-state index in [4.69, 9.17) is 14.8 Å². The monoisotopic (exact) mass is 436 g/mol. The van der Waals surface area contributed by atoms with Crippen molar-refractivity contribution in [2.75, 3.05) is 0 Å². The Morgan fingerprint density at radius 3 is 2.52 bits per heavy atom. The molecule has 3 rings (SSSR count). The van der Waals surface area contributed by atoms with E-state index in [-0.39, 0.29) is 11.3 Å². The Hall–Kier alpha value is -2.78. The van der Waals surface area contributed by atoms with Crippen LogP contribution in [0.4, 0.5) is 26.3 Å². The zero-order chi connectivity index (χ0) is 21.8. The molecule has 0 saturated heterocycles. The van der Waals surface area contributed by atoms with Gasteiger partial charge in [0.1, 0.15) is 23.4 Å². The second-order valence-electron chi connectivity index (χ2n) is 6.19. The van der Waals surface area contributed by atoms with Crippen LogP contribution < -0.4 is 4.74 Å². The highest BCUT2D eigenvalue weighted by atomic mass is 32.2. The number of rotatable bonds is 3. The molecule has 29 heavy (non-hydrogen) atoms. The molecule has 5 nitrogen and oxygen atoms in total. The molecular weight excluding hydrogens is 426 g/mol. The van der Waals surface area contributed by atoms with Crippen LogP contribution >= 0.6 is 0 Å². The molecule has 2 N–H and O–H groups in total. The maximum Gasteiger partial charge on any atom is 0.483 e. The minimum Gasteiger partial charge on any atom is -0.457 e. The predicted octanol–water partition coefficient (Wildman–Crippen LogP) is 4.64. The fourth-order valence-electron chi connectivity index (χ4n) is 2.93. The lowest BCUT2D eigenvalue weighted by atomic mass is 10.1. The lowest BCUT2D eigenvalue weighted by Gasteiger charge is -2.19. The van der Waals surface area contributed by atoms with E-state index in [0.717, 1.165) is 24.3 Å². The van der Waals surface area contributed by atoms with E-state index < -0.39 is 61.3 Å². The second-order valence-corrected chi connectivity index (χ2v) is 8.20. The molecule has 154 valence electrons. The van der Waals surface area contributed by atoms with Crippen molar-refractivity contribution in [3.05, 3.63) is 52.8 Å². The molecule has 0 radical (unpaired) electrons. The van der Waals surface area contributed by atoms with Crippen LogP contribution in [0.5, 0.6) is 11.5 Å². The molecule has 0 heterocycles. The van der Waals surface area contributed by atoms with E-state index in [1.165, 1.54) is 0 Å². The average molecular weight is 436 g/mol. The number of nitrogens with zero attached hydrogens (tertiary/aromatic N) is 1. The molecule has 1 unspecified atom stereocenters. The molecule has 0 saturated carbocycles. The van der Waals surface area contributed by atoms with Gasteiger partial charge in [0.2, 0.25) is 0 Å². The first kappa shape index (κ1) is 20.9. The third-order valence-electron chi connectivity index (χ3n) is 4.22. The zero-order valence-electron chi connectivity index (χ0n) is 14.1. The Kier molecular flexibility index (Phi) is 4.79. The van der Waals surface area contributed by atoms with Crippen molar-refractivity contribution in [3.8, 4) is 17.6 Å². The number of aliphatic hydroxyl groups is 1. The largest absolute Gasteiger partial charge is 0.483 e. The number of nitriles is 1. The standard InChI is InChI=1S/C17H10F6N2O3S/c18-9-3-8(7-24)4-10(5-9)28-12-1-2-13(29(25,27)17(21,22)23)14-11(12)6-16(19,20)15(14)26/h1-5,15,25-26H,6H2/t15-,29?/m0/s1. The van der Waals surface area contributed by atoms with Crippen LogP contribution in [0.25, 0.3) is 0 Å². The normalized spacial score (nSPS) is 19.9. The fraction of sp³-hybridized carbons (Fsp3) is 0.235. The average Bonchev–Trinajstić information content (AvgIpc) is 2.84. The summed E-state index contributed by atoms with van der Waals surface area (Å²) in [5.41, 5.74) is -7.33. The summed E-state index contributed by atoms with van der Waals surface area (Å²) in [5.74, 6) is -5.54. The third-order valence-corrected chi connectivity index (χ3v) is 5.85. The Labute approximate surface area is 160 Å². The number of fused-ring (bicyclic) bond motifs is 1. The van der Waals surface area contributed by atoms with Gasteiger partial charge in [-0.15, -0.1) is 0 Å². The Bertz CT molecular complexity index is 1140. The Morgan fingerprint density at radius 1 is 1.28 bits per heavy atom. The number of aliphatic hydroxyl groups excluding tert-OH is 1.